The Morgan fingerprint density at radius 3 is 2.62 bits per heavy atom. The van der Waals surface area contributed by atoms with Gasteiger partial charge in [-0.1, -0.05) is 37.6 Å². The molecule has 0 fully saturated rings. The molecule has 0 radical (unpaired) electrons. The molecule has 0 unspecified atom stereocenters. The summed E-state index contributed by atoms with van der Waals surface area (Å²) < 4.78 is 32.4. The number of ether oxygens (including phenoxy) is 1. The molecule has 0 amide bonds. The van der Waals surface area contributed by atoms with Crippen LogP contribution in [0.25, 0.3) is 22.1 Å². The van der Waals surface area contributed by atoms with Crippen molar-refractivity contribution in [3.63, 3.8) is 0 Å². The Balaban J connectivity index is 1.95. The third-order valence-corrected chi connectivity index (χ3v) is 6.82. The predicted molar refractivity (Wildman–Crippen MR) is 118 cm³/mol. The van der Waals surface area contributed by atoms with Crippen LogP contribution in [0.1, 0.15) is 32.2 Å². The van der Waals surface area contributed by atoms with Crippen LogP contribution in [0.5, 0.6) is 5.75 Å². The molecule has 0 saturated heterocycles. The van der Waals surface area contributed by atoms with E-state index in [0.29, 0.717) is 41.6 Å². The summed E-state index contributed by atoms with van der Waals surface area (Å²) in [6.45, 7) is 6.99. The van der Waals surface area contributed by atoms with Crippen molar-refractivity contribution in [3.8, 4) is 5.75 Å². The lowest BCUT2D eigenvalue weighted by Crippen LogP contribution is -2.30. The zero-order chi connectivity index (χ0) is 21.0. The number of hydrogen-bond acceptors (Lipinski definition) is 4. The molecule has 0 aliphatic carbocycles. The SMILES string of the molecule is CCOc1cccc(C=C(Cl)c2nc3ccc(S(=O)(=O)N(CC)CC)cc3[nH]2)c1. The molecule has 6 nitrogen and oxygen atoms in total. The van der Waals surface area contributed by atoms with Gasteiger partial charge in [0.15, 0.2) is 0 Å². The first-order chi connectivity index (χ1) is 13.9. The van der Waals surface area contributed by atoms with Crippen molar-refractivity contribution >= 4 is 43.8 Å². The highest BCUT2D eigenvalue weighted by molar-refractivity contribution is 7.89. The molecule has 1 N–H and O–H groups in total. The molecule has 0 spiro atoms. The van der Waals surface area contributed by atoms with Crippen LogP contribution >= 0.6 is 11.6 Å². The van der Waals surface area contributed by atoms with Crippen molar-refractivity contribution in [2.24, 2.45) is 0 Å². The molecule has 2 aromatic carbocycles. The summed E-state index contributed by atoms with van der Waals surface area (Å²) >= 11 is 6.47. The molecule has 8 heteroatoms. The second-order valence-corrected chi connectivity index (χ2v) is 8.70. The lowest BCUT2D eigenvalue weighted by Gasteiger charge is -2.18. The van der Waals surface area contributed by atoms with Gasteiger partial charge in [0.2, 0.25) is 10.0 Å². The van der Waals surface area contributed by atoms with Crippen LogP contribution in [-0.2, 0) is 10.0 Å². The number of fused-ring (bicyclic) bond motifs is 1. The smallest absolute Gasteiger partial charge is 0.243 e. The minimum Gasteiger partial charge on any atom is -0.494 e. The molecule has 0 saturated carbocycles. The van der Waals surface area contributed by atoms with Gasteiger partial charge in [-0.3, -0.25) is 0 Å². The van der Waals surface area contributed by atoms with Crippen LogP contribution < -0.4 is 4.74 Å². The first-order valence-electron chi connectivity index (χ1n) is 9.49. The zero-order valence-electron chi connectivity index (χ0n) is 16.6. The molecule has 0 atom stereocenters. The topological polar surface area (TPSA) is 75.3 Å². The molecule has 0 bridgehead atoms. The highest BCUT2D eigenvalue weighted by Crippen LogP contribution is 2.26. The van der Waals surface area contributed by atoms with Gasteiger partial charge in [0, 0.05) is 13.1 Å². The molecule has 0 aliphatic heterocycles. The number of sulfonamides is 1. The summed E-state index contributed by atoms with van der Waals surface area (Å²) in [6, 6.07) is 12.4. The highest BCUT2D eigenvalue weighted by atomic mass is 35.5. The first kappa shape index (κ1) is 21.4. The molecule has 1 heterocycles. The molecule has 1 aromatic heterocycles. The number of imidazole rings is 1. The van der Waals surface area contributed by atoms with Crippen LogP contribution in [0.4, 0.5) is 0 Å². The number of rotatable bonds is 8. The molecule has 3 rings (SSSR count). The van der Waals surface area contributed by atoms with Gasteiger partial charge in [0.05, 0.1) is 27.6 Å². The first-order valence-corrected chi connectivity index (χ1v) is 11.3. The second-order valence-electron chi connectivity index (χ2n) is 6.35. The number of nitrogens with zero attached hydrogens (tertiary/aromatic N) is 2. The fourth-order valence-corrected chi connectivity index (χ4v) is 4.75. The van der Waals surface area contributed by atoms with Crippen molar-refractivity contribution in [1.82, 2.24) is 14.3 Å². The summed E-state index contributed by atoms with van der Waals surface area (Å²) in [6.07, 6.45) is 1.79. The number of halogens is 1. The highest BCUT2D eigenvalue weighted by Gasteiger charge is 2.22. The molecule has 3 aromatic rings. The molecule has 154 valence electrons. The number of aromatic amines is 1. The van der Waals surface area contributed by atoms with Crippen LogP contribution in [0.15, 0.2) is 47.4 Å². The Morgan fingerprint density at radius 2 is 1.93 bits per heavy atom. The lowest BCUT2D eigenvalue weighted by atomic mass is 10.2. The van der Waals surface area contributed by atoms with E-state index in [1.807, 2.05) is 45.0 Å². The van der Waals surface area contributed by atoms with Crippen molar-refractivity contribution in [1.29, 1.82) is 0 Å². The van der Waals surface area contributed by atoms with Crippen LogP contribution in [0, 0.1) is 0 Å². The number of nitrogens with one attached hydrogen (secondary N) is 1. The van der Waals surface area contributed by atoms with Gasteiger partial charge in [0.25, 0.3) is 0 Å². The standard InChI is InChI=1S/C21H24ClN3O3S/c1-4-25(5-2)29(26,27)17-10-11-19-20(14-17)24-21(23-19)18(22)13-15-8-7-9-16(12-15)28-6-3/h7-14H,4-6H2,1-3H3,(H,23,24). The average Bonchev–Trinajstić information content (AvgIpc) is 3.13. The Labute approximate surface area is 176 Å². The third-order valence-electron chi connectivity index (χ3n) is 4.49. The minimum absolute atomic E-state index is 0.230. The van der Waals surface area contributed by atoms with Crippen LogP contribution in [-0.4, -0.2) is 42.4 Å². The Hall–Kier alpha value is -2.35. The number of aromatic nitrogens is 2. The van der Waals surface area contributed by atoms with E-state index in [2.05, 4.69) is 9.97 Å². The normalized spacial score (nSPS) is 12.7. The fourth-order valence-electron chi connectivity index (χ4n) is 3.05. The van der Waals surface area contributed by atoms with Crippen LogP contribution in [0.2, 0.25) is 0 Å². The van der Waals surface area contributed by atoms with Crippen molar-refractivity contribution in [2.75, 3.05) is 19.7 Å². The molecule has 0 aliphatic rings. The van der Waals surface area contributed by atoms with Gasteiger partial charge in [-0.15, -0.1) is 0 Å². The number of hydrogen-bond donors (Lipinski definition) is 1. The predicted octanol–water partition coefficient (Wildman–Crippen LogP) is 4.73. The zero-order valence-corrected chi connectivity index (χ0v) is 18.2. The maximum atomic E-state index is 12.7. The van der Waals surface area contributed by atoms with Crippen LogP contribution in [0.3, 0.4) is 0 Å². The Bertz CT molecular complexity index is 1140. The van der Waals surface area contributed by atoms with E-state index in [1.54, 1.807) is 24.3 Å². The minimum atomic E-state index is -3.54. The summed E-state index contributed by atoms with van der Waals surface area (Å²) in [5.74, 6) is 1.24. The van der Waals surface area contributed by atoms with E-state index in [9.17, 15) is 8.42 Å². The van der Waals surface area contributed by atoms with E-state index in [1.165, 1.54) is 4.31 Å². The van der Waals surface area contributed by atoms with E-state index in [0.717, 1.165) is 11.3 Å². The average molecular weight is 434 g/mol. The number of H-pyrrole nitrogens is 1. The lowest BCUT2D eigenvalue weighted by molar-refractivity contribution is 0.340. The Morgan fingerprint density at radius 1 is 1.17 bits per heavy atom. The molecular weight excluding hydrogens is 410 g/mol. The fraction of sp³-hybridized carbons (Fsp3) is 0.286. The maximum Gasteiger partial charge on any atom is 0.243 e. The monoisotopic (exact) mass is 433 g/mol. The van der Waals surface area contributed by atoms with Crippen molar-refractivity contribution in [3.05, 3.63) is 53.9 Å². The third kappa shape index (κ3) is 4.63. The van der Waals surface area contributed by atoms with E-state index in [4.69, 9.17) is 16.3 Å². The van der Waals surface area contributed by atoms with E-state index in [-0.39, 0.29) is 4.90 Å². The van der Waals surface area contributed by atoms with Gasteiger partial charge in [-0.05, 0) is 48.9 Å². The Kier molecular flexibility index (Phi) is 6.62. The van der Waals surface area contributed by atoms with Crippen molar-refractivity contribution in [2.45, 2.75) is 25.7 Å². The largest absolute Gasteiger partial charge is 0.494 e. The second kappa shape index (κ2) is 8.98. The van der Waals surface area contributed by atoms with Gasteiger partial charge in [-0.25, -0.2) is 13.4 Å². The van der Waals surface area contributed by atoms with Gasteiger partial charge < -0.3 is 9.72 Å². The van der Waals surface area contributed by atoms with Gasteiger partial charge in [-0.2, -0.15) is 4.31 Å². The summed E-state index contributed by atoms with van der Waals surface area (Å²) in [4.78, 5) is 7.83. The molecule has 29 heavy (non-hydrogen) atoms. The summed E-state index contributed by atoms with van der Waals surface area (Å²) in [7, 11) is -3.54. The van der Waals surface area contributed by atoms with E-state index >= 15 is 0 Å². The van der Waals surface area contributed by atoms with E-state index < -0.39 is 10.0 Å². The number of benzene rings is 2. The summed E-state index contributed by atoms with van der Waals surface area (Å²) in [5.41, 5.74) is 2.14. The quantitative estimate of drug-likeness (QED) is 0.557. The van der Waals surface area contributed by atoms with Gasteiger partial charge in [0.1, 0.15) is 11.6 Å². The van der Waals surface area contributed by atoms with Crippen molar-refractivity contribution < 1.29 is 13.2 Å². The summed E-state index contributed by atoms with van der Waals surface area (Å²) in [5, 5.41) is 0.419. The van der Waals surface area contributed by atoms with Gasteiger partial charge >= 0.3 is 0 Å². The maximum absolute atomic E-state index is 12.7. The molecular formula is C21H24ClN3O3S.